The summed E-state index contributed by atoms with van der Waals surface area (Å²) in [7, 11) is 0. The summed E-state index contributed by atoms with van der Waals surface area (Å²) in [6, 6.07) is 10.4. The Morgan fingerprint density at radius 3 is 2.40 bits per heavy atom. The number of benzene rings is 2. The van der Waals surface area contributed by atoms with E-state index >= 15 is 0 Å². The van der Waals surface area contributed by atoms with Gasteiger partial charge in [-0.2, -0.15) is 4.68 Å². The third kappa shape index (κ3) is 2.09. The molecule has 0 amide bonds. The van der Waals surface area contributed by atoms with Gasteiger partial charge in [-0.05, 0) is 46.8 Å². The first-order chi connectivity index (χ1) is 9.65. The van der Waals surface area contributed by atoms with Gasteiger partial charge in [0, 0.05) is 17.3 Å². The number of hydrogen-bond acceptors (Lipinski definition) is 4. The Morgan fingerprint density at radius 2 is 1.70 bits per heavy atom. The van der Waals surface area contributed by atoms with Crippen LogP contribution in [-0.4, -0.2) is 20.2 Å². The van der Waals surface area contributed by atoms with Crippen LogP contribution < -0.4 is 5.73 Å². The molecule has 0 fully saturated rings. The Hall–Kier alpha value is -2.83. The smallest absolute Gasteiger partial charge is 0.187 e. The maximum Gasteiger partial charge on any atom is 0.187 e. The van der Waals surface area contributed by atoms with Gasteiger partial charge in [0.25, 0.3) is 0 Å². The summed E-state index contributed by atoms with van der Waals surface area (Å²) in [6.07, 6.45) is 0. The third-order valence-electron chi connectivity index (χ3n) is 2.79. The van der Waals surface area contributed by atoms with E-state index in [0.717, 1.165) is 12.1 Å². The van der Waals surface area contributed by atoms with E-state index in [9.17, 15) is 8.78 Å². The summed E-state index contributed by atoms with van der Waals surface area (Å²) in [6.45, 7) is 0. The fourth-order valence-electron chi connectivity index (χ4n) is 1.79. The van der Waals surface area contributed by atoms with Gasteiger partial charge in [0.1, 0.15) is 0 Å². The van der Waals surface area contributed by atoms with Gasteiger partial charge in [0.15, 0.2) is 17.5 Å². The number of aromatic nitrogens is 4. The monoisotopic (exact) mass is 273 g/mol. The van der Waals surface area contributed by atoms with Crippen molar-refractivity contribution in [1.82, 2.24) is 20.2 Å². The van der Waals surface area contributed by atoms with Gasteiger partial charge in [0.2, 0.25) is 0 Å². The lowest BCUT2D eigenvalue weighted by Gasteiger charge is -2.05. The summed E-state index contributed by atoms with van der Waals surface area (Å²) < 4.78 is 27.6. The molecule has 0 aliphatic rings. The topological polar surface area (TPSA) is 69.6 Å². The average Bonchev–Trinajstić information content (AvgIpc) is 2.92. The third-order valence-corrected chi connectivity index (χ3v) is 2.79. The Labute approximate surface area is 112 Å². The average molecular weight is 273 g/mol. The van der Waals surface area contributed by atoms with Crippen LogP contribution in [0.4, 0.5) is 14.5 Å². The van der Waals surface area contributed by atoms with E-state index in [1.807, 2.05) is 0 Å². The molecule has 0 aliphatic heterocycles. The molecule has 0 saturated heterocycles. The summed E-state index contributed by atoms with van der Waals surface area (Å²) in [5, 5.41) is 11.2. The van der Waals surface area contributed by atoms with Crippen LogP contribution >= 0.6 is 0 Å². The number of nitrogens with two attached hydrogens (primary N) is 1. The second kappa shape index (κ2) is 4.69. The molecule has 20 heavy (non-hydrogen) atoms. The number of nitrogen functional groups attached to an aromatic ring is 1. The fraction of sp³-hybridized carbons (Fsp3) is 0. The summed E-state index contributed by atoms with van der Waals surface area (Å²) in [5.74, 6) is -1.46. The number of rotatable bonds is 2. The molecule has 0 radical (unpaired) electrons. The molecule has 1 aromatic heterocycles. The predicted molar refractivity (Wildman–Crippen MR) is 68.9 cm³/mol. The van der Waals surface area contributed by atoms with Gasteiger partial charge >= 0.3 is 0 Å². The number of halogens is 2. The van der Waals surface area contributed by atoms with Gasteiger partial charge in [-0.1, -0.05) is 0 Å². The van der Waals surface area contributed by atoms with Gasteiger partial charge in [-0.25, -0.2) is 8.78 Å². The molecule has 0 aliphatic carbocycles. The maximum absolute atomic E-state index is 13.3. The molecular formula is C13H9F2N5. The zero-order chi connectivity index (χ0) is 14.1. The Bertz CT molecular complexity index is 752. The van der Waals surface area contributed by atoms with E-state index in [2.05, 4.69) is 15.5 Å². The molecule has 0 saturated carbocycles. The van der Waals surface area contributed by atoms with Crippen molar-refractivity contribution in [2.24, 2.45) is 0 Å². The number of anilines is 1. The molecule has 2 aromatic carbocycles. The van der Waals surface area contributed by atoms with Crippen LogP contribution in [0.15, 0.2) is 42.5 Å². The van der Waals surface area contributed by atoms with Gasteiger partial charge in [0.05, 0.1) is 5.69 Å². The molecule has 7 heteroatoms. The summed E-state index contributed by atoms with van der Waals surface area (Å²) in [4.78, 5) is 0. The van der Waals surface area contributed by atoms with Gasteiger partial charge < -0.3 is 5.73 Å². The fourth-order valence-corrected chi connectivity index (χ4v) is 1.79. The van der Waals surface area contributed by atoms with E-state index in [4.69, 9.17) is 5.73 Å². The quantitative estimate of drug-likeness (QED) is 0.727. The lowest BCUT2D eigenvalue weighted by Crippen LogP contribution is -2.01. The molecule has 3 aromatic rings. The van der Waals surface area contributed by atoms with Gasteiger partial charge in [-0.3, -0.25) is 0 Å². The van der Waals surface area contributed by atoms with Crippen LogP contribution in [0, 0.1) is 11.6 Å². The van der Waals surface area contributed by atoms with Crippen LogP contribution in [0.3, 0.4) is 0 Å². The number of nitrogens with zero attached hydrogens (tertiary/aromatic N) is 4. The minimum Gasteiger partial charge on any atom is -0.399 e. The van der Waals surface area contributed by atoms with Crippen molar-refractivity contribution in [3.63, 3.8) is 0 Å². The van der Waals surface area contributed by atoms with E-state index < -0.39 is 11.6 Å². The highest BCUT2D eigenvalue weighted by atomic mass is 19.2. The number of hydrogen-bond donors (Lipinski definition) is 1. The summed E-state index contributed by atoms with van der Waals surface area (Å²) >= 11 is 0. The molecule has 2 N–H and O–H groups in total. The van der Waals surface area contributed by atoms with Crippen LogP contribution in [0.25, 0.3) is 17.1 Å². The lowest BCUT2D eigenvalue weighted by molar-refractivity contribution is 0.507. The Morgan fingerprint density at radius 1 is 0.950 bits per heavy atom. The van der Waals surface area contributed by atoms with E-state index in [1.165, 1.54) is 10.7 Å². The second-order valence-corrected chi connectivity index (χ2v) is 4.13. The molecular weight excluding hydrogens is 264 g/mol. The molecule has 1 heterocycles. The molecule has 0 bridgehead atoms. The molecule has 3 rings (SSSR count). The molecule has 100 valence electrons. The van der Waals surface area contributed by atoms with Crippen molar-refractivity contribution in [3.8, 4) is 17.1 Å². The zero-order valence-corrected chi connectivity index (χ0v) is 10.2. The van der Waals surface area contributed by atoms with Crippen LogP contribution in [-0.2, 0) is 0 Å². The second-order valence-electron chi connectivity index (χ2n) is 4.13. The SMILES string of the molecule is Nc1ccc(-c2nnnn2-c2ccc(F)c(F)c2)cc1. The van der Waals surface area contributed by atoms with Crippen molar-refractivity contribution in [2.45, 2.75) is 0 Å². The van der Waals surface area contributed by atoms with Crippen molar-refractivity contribution in [3.05, 3.63) is 54.1 Å². The number of tetrazole rings is 1. The Balaban J connectivity index is 2.10. The van der Waals surface area contributed by atoms with Crippen molar-refractivity contribution >= 4 is 5.69 Å². The zero-order valence-electron chi connectivity index (χ0n) is 10.2. The molecule has 0 atom stereocenters. The highest BCUT2D eigenvalue weighted by Crippen LogP contribution is 2.21. The normalized spacial score (nSPS) is 10.7. The minimum absolute atomic E-state index is 0.334. The van der Waals surface area contributed by atoms with Crippen molar-refractivity contribution in [1.29, 1.82) is 0 Å². The summed E-state index contributed by atoms with van der Waals surface area (Å²) in [5.41, 5.74) is 7.28. The first kappa shape index (κ1) is 12.2. The van der Waals surface area contributed by atoms with Gasteiger partial charge in [-0.15, -0.1) is 5.10 Å². The van der Waals surface area contributed by atoms with Crippen LogP contribution in [0.2, 0.25) is 0 Å². The first-order valence-electron chi connectivity index (χ1n) is 5.75. The van der Waals surface area contributed by atoms with E-state index in [1.54, 1.807) is 24.3 Å². The van der Waals surface area contributed by atoms with Crippen molar-refractivity contribution < 1.29 is 8.78 Å². The molecule has 0 spiro atoms. The predicted octanol–water partition coefficient (Wildman–Crippen LogP) is 2.19. The van der Waals surface area contributed by atoms with Crippen LogP contribution in [0.5, 0.6) is 0 Å². The first-order valence-corrected chi connectivity index (χ1v) is 5.75. The van der Waals surface area contributed by atoms with Crippen LogP contribution in [0.1, 0.15) is 0 Å². The van der Waals surface area contributed by atoms with E-state index in [0.29, 0.717) is 22.8 Å². The van der Waals surface area contributed by atoms with Crippen molar-refractivity contribution in [2.75, 3.05) is 5.73 Å². The minimum atomic E-state index is -0.957. The largest absolute Gasteiger partial charge is 0.399 e. The molecule has 0 unspecified atom stereocenters. The Kier molecular flexibility index (Phi) is 2.86. The van der Waals surface area contributed by atoms with E-state index in [-0.39, 0.29) is 0 Å². The standard InChI is InChI=1S/C13H9F2N5/c14-11-6-5-10(7-12(11)15)20-13(17-18-19-20)8-1-3-9(16)4-2-8/h1-7H,16H2. The maximum atomic E-state index is 13.3. The molecule has 5 nitrogen and oxygen atoms in total. The lowest BCUT2D eigenvalue weighted by atomic mass is 10.2. The highest BCUT2D eigenvalue weighted by Gasteiger charge is 2.12. The highest BCUT2D eigenvalue weighted by molar-refractivity contribution is 5.60.